The number of esters is 1. The van der Waals surface area contributed by atoms with Crippen molar-refractivity contribution in [2.75, 3.05) is 26.0 Å². The summed E-state index contributed by atoms with van der Waals surface area (Å²) in [7, 11) is 3.40. The van der Waals surface area contributed by atoms with Gasteiger partial charge in [0, 0.05) is 10.4 Å². The molecule has 5 nitrogen and oxygen atoms in total. The first-order valence-corrected chi connectivity index (χ1v) is 10.7. The van der Waals surface area contributed by atoms with E-state index in [1.165, 1.54) is 35.3 Å². The zero-order chi connectivity index (χ0) is 18.5. The van der Waals surface area contributed by atoms with Gasteiger partial charge >= 0.3 is 5.97 Å². The van der Waals surface area contributed by atoms with E-state index in [2.05, 4.69) is 16.8 Å². The number of nitrogens with one attached hydrogen (secondary N) is 2. The number of carbonyl (C=O) groups excluding carboxylic acids is 2. The standard InChI is InChI=1S/C19H24N2O3S2/c1-21(10-13-8-9-25-12-13)11-16(22)20-18-17(19(23)24-2)14-6-4-3-5-7-15(14)26-18/h8-9,12H,3-7,10-11H2,1-2H3,(H,20,22)/p+1. The molecule has 1 amide bonds. The summed E-state index contributed by atoms with van der Waals surface area (Å²) in [6.45, 7) is 1.17. The highest BCUT2D eigenvalue weighted by molar-refractivity contribution is 7.17. The van der Waals surface area contributed by atoms with Crippen LogP contribution in [0.5, 0.6) is 0 Å². The Balaban J connectivity index is 1.72. The minimum absolute atomic E-state index is 0.0701. The number of anilines is 1. The maximum atomic E-state index is 12.5. The van der Waals surface area contributed by atoms with Crippen LogP contribution >= 0.6 is 22.7 Å². The van der Waals surface area contributed by atoms with E-state index < -0.39 is 0 Å². The summed E-state index contributed by atoms with van der Waals surface area (Å²) in [4.78, 5) is 27.2. The molecule has 26 heavy (non-hydrogen) atoms. The van der Waals surface area contributed by atoms with Crippen molar-refractivity contribution in [3.05, 3.63) is 38.4 Å². The normalized spacial score (nSPS) is 15.0. The molecule has 0 spiro atoms. The number of hydrogen-bond donors (Lipinski definition) is 2. The van der Waals surface area contributed by atoms with Crippen molar-refractivity contribution < 1.29 is 19.2 Å². The Kier molecular flexibility index (Phi) is 6.45. The number of likely N-dealkylation sites (N-methyl/N-ethyl adjacent to an activating group) is 1. The molecule has 0 aliphatic heterocycles. The fourth-order valence-electron chi connectivity index (χ4n) is 3.40. The predicted molar refractivity (Wildman–Crippen MR) is 105 cm³/mol. The number of amides is 1. The highest BCUT2D eigenvalue weighted by Crippen LogP contribution is 2.37. The molecule has 0 saturated heterocycles. The number of hydrogen-bond acceptors (Lipinski definition) is 5. The van der Waals surface area contributed by atoms with E-state index in [1.807, 2.05) is 12.4 Å². The van der Waals surface area contributed by atoms with Crippen LogP contribution in [0.3, 0.4) is 0 Å². The first kappa shape index (κ1) is 19.1. The number of fused-ring (bicyclic) bond motifs is 1. The van der Waals surface area contributed by atoms with Crippen molar-refractivity contribution in [2.45, 2.75) is 38.6 Å². The largest absolute Gasteiger partial charge is 0.465 e. The summed E-state index contributed by atoms with van der Waals surface area (Å²) in [5, 5.41) is 7.77. The van der Waals surface area contributed by atoms with Crippen LogP contribution in [0.4, 0.5) is 5.00 Å². The number of aryl methyl sites for hydroxylation is 1. The Morgan fingerprint density at radius 3 is 2.81 bits per heavy atom. The second-order valence-electron chi connectivity index (χ2n) is 6.75. The Labute approximate surface area is 162 Å². The van der Waals surface area contributed by atoms with Gasteiger partial charge in [-0.25, -0.2) is 4.79 Å². The van der Waals surface area contributed by atoms with E-state index in [1.54, 1.807) is 11.3 Å². The lowest BCUT2D eigenvalue weighted by atomic mass is 10.1. The molecule has 2 heterocycles. The molecule has 7 heteroatoms. The summed E-state index contributed by atoms with van der Waals surface area (Å²) in [6, 6.07) is 2.08. The minimum Gasteiger partial charge on any atom is -0.465 e. The first-order chi connectivity index (χ1) is 12.6. The Morgan fingerprint density at radius 1 is 1.27 bits per heavy atom. The monoisotopic (exact) mass is 393 g/mol. The molecule has 1 aliphatic carbocycles. The molecule has 3 rings (SSSR count). The third-order valence-electron chi connectivity index (χ3n) is 4.61. The second kappa shape index (κ2) is 8.79. The van der Waals surface area contributed by atoms with E-state index >= 15 is 0 Å². The molecular weight excluding hydrogens is 368 g/mol. The summed E-state index contributed by atoms with van der Waals surface area (Å²) in [6.07, 6.45) is 5.25. The third-order valence-corrected chi connectivity index (χ3v) is 6.55. The van der Waals surface area contributed by atoms with Crippen molar-refractivity contribution in [3.63, 3.8) is 0 Å². The zero-order valence-corrected chi connectivity index (χ0v) is 16.9. The van der Waals surface area contributed by atoms with Gasteiger partial charge in [0.15, 0.2) is 6.54 Å². The quantitative estimate of drug-likeness (QED) is 0.586. The van der Waals surface area contributed by atoms with Gasteiger partial charge < -0.3 is 15.0 Å². The number of rotatable bonds is 6. The molecule has 2 aromatic rings. The van der Waals surface area contributed by atoms with Crippen LogP contribution in [0.15, 0.2) is 16.8 Å². The van der Waals surface area contributed by atoms with Gasteiger partial charge in [-0.2, -0.15) is 11.3 Å². The highest BCUT2D eigenvalue weighted by Gasteiger charge is 2.26. The lowest BCUT2D eigenvalue weighted by Crippen LogP contribution is -3.08. The summed E-state index contributed by atoms with van der Waals surface area (Å²) >= 11 is 3.20. The van der Waals surface area contributed by atoms with Crippen LogP contribution in [-0.2, 0) is 28.9 Å². The van der Waals surface area contributed by atoms with Crippen LogP contribution in [-0.4, -0.2) is 32.6 Å². The molecular formula is C19H25N2O3S2+. The molecule has 0 aromatic carbocycles. The van der Waals surface area contributed by atoms with Gasteiger partial charge in [-0.1, -0.05) is 6.42 Å². The molecule has 1 atom stereocenters. The van der Waals surface area contributed by atoms with Gasteiger partial charge in [0.25, 0.3) is 5.91 Å². The SMILES string of the molecule is COC(=O)c1c(NC(=O)C[NH+](C)Cc2ccsc2)sc2c1CCCCC2. The van der Waals surface area contributed by atoms with Gasteiger partial charge in [0.2, 0.25) is 0 Å². The van der Waals surface area contributed by atoms with E-state index in [4.69, 9.17) is 4.74 Å². The summed E-state index contributed by atoms with van der Waals surface area (Å²) < 4.78 is 4.99. The van der Waals surface area contributed by atoms with Gasteiger partial charge in [-0.05, 0) is 48.1 Å². The molecule has 140 valence electrons. The topological polar surface area (TPSA) is 59.8 Å². The molecule has 1 unspecified atom stereocenters. The van der Waals surface area contributed by atoms with Crippen molar-refractivity contribution in [3.8, 4) is 0 Å². The minimum atomic E-state index is -0.348. The molecule has 0 bridgehead atoms. The van der Waals surface area contributed by atoms with E-state index in [-0.39, 0.29) is 11.9 Å². The Morgan fingerprint density at radius 2 is 2.08 bits per heavy atom. The zero-order valence-electron chi connectivity index (χ0n) is 15.2. The van der Waals surface area contributed by atoms with Gasteiger partial charge in [-0.3, -0.25) is 4.79 Å². The average molecular weight is 394 g/mol. The predicted octanol–water partition coefficient (Wildman–Crippen LogP) is 2.52. The van der Waals surface area contributed by atoms with E-state index in [9.17, 15) is 9.59 Å². The highest BCUT2D eigenvalue weighted by atomic mass is 32.1. The van der Waals surface area contributed by atoms with Crippen LogP contribution in [0.1, 0.15) is 45.6 Å². The molecule has 0 fully saturated rings. The average Bonchev–Trinajstić information content (AvgIpc) is 3.16. The first-order valence-electron chi connectivity index (χ1n) is 8.93. The van der Waals surface area contributed by atoms with E-state index in [0.29, 0.717) is 17.1 Å². The van der Waals surface area contributed by atoms with Crippen molar-refractivity contribution >= 4 is 39.6 Å². The molecule has 1 aliphatic rings. The van der Waals surface area contributed by atoms with Crippen molar-refractivity contribution in [2.24, 2.45) is 0 Å². The number of methoxy groups -OCH3 is 1. The molecule has 0 saturated carbocycles. The van der Waals surface area contributed by atoms with Crippen molar-refractivity contribution in [1.82, 2.24) is 0 Å². The molecule has 2 N–H and O–H groups in total. The Hall–Kier alpha value is -1.70. The smallest absolute Gasteiger partial charge is 0.341 e. The van der Waals surface area contributed by atoms with Crippen LogP contribution in [0.25, 0.3) is 0 Å². The second-order valence-corrected chi connectivity index (χ2v) is 8.64. The van der Waals surface area contributed by atoms with Crippen LogP contribution < -0.4 is 10.2 Å². The van der Waals surface area contributed by atoms with Crippen LogP contribution in [0, 0.1) is 0 Å². The van der Waals surface area contributed by atoms with E-state index in [0.717, 1.165) is 42.7 Å². The number of carbonyl (C=O) groups is 2. The maximum absolute atomic E-state index is 12.5. The molecule has 2 aromatic heterocycles. The fourth-order valence-corrected chi connectivity index (χ4v) is 5.36. The Bertz CT molecular complexity index is 768. The lowest BCUT2D eigenvalue weighted by Gasteiger charge is -2.13. The number of ether oxygens (including phenoxy) is 1. The van der Waals surface area contributed by atoms with Gasteiger partial charge in [-0.15, -0.1) is 11.3 Å². The third kappa shape index (κ3) is 4.52. The summed E-state index contributed by atoms with van der Waals surface area (Å²) in [5.74, 6) is -0.419. The van der Waals surface area contributed by atoms with Crippen LogP contribution in [0.2, 0.25) is 0 Å². The van der Waals surface area contributed by atoms with Crippen molar-refractivity contribution in [1.29, 1.82) is 0 Å². The number of thiophene rings is 2. The van der Waals surface area contributed by atoms with Gasteiger partial charge in [0.05, 0.1) is 19.7 Å². The number of quaternary nitrogens is 1. The molecule has 0 radical (unpaired) electrons. The maximum Gasteiger partial charge on any atom is 0.341 e. The fraction of sp³-hybridized carbons (Fsp3) is 0.474. The summed E-state index contributed by atoms with van der Waals surface area (Å²) in [5.41, 5.74) is 2.88. The lowest BCUT2D eigenvalue weighted by molar-refractivity contribution is -0.885. The van der Waals surface area contributed by atoms with Gasteiger partial charge in [0.1, 0.15) is 11.5 Å².